The lowest BCUT2D eigenvalue weighted by Gasteiger charge is -2.17. The fourth-order valence-electron chi connectivity index (χ4n) is 0.844. The first-order valence-electron chi connectivity index (χ1n) is 3.86. The lowest BCUT2D eigenvalue weighted by Crippen LogP contribution is -2.32. The molecule has 0 aliphatic heterocycles. The third kappa shape index (κ3) is 4.71. The topological polar surface area (TPSA) is 46.6 Å². The fourth-order valence-corrected chi connectivity index (χ4v) is 0.844. The Morgan fingerprint density at radius 1 is 1.58 bits per heavy atom. The highest BCUT2D eigenvalue weighted by Crippen LogP contribution is 1.95. The maximum Gasteiger partial charge on any atom is 0.325 e. The van der Waals surface area contributed by atoms with Crippen LogP contribution in [0.3, 0.4) is 0 Å². The standard InChI is InChI=1S/C8H15NO3/c1-7(2)4-9(6-10)5-8(11)12-3/h6-7H,4-5H2,1-3H3. The van der Waals surface area contributed by atoms with E-state index in [9.17, 15) is 9.59 Å². The third-order valence-electron chi connectivity index (χ3n) is 1.31. The average Bonchev–Trinajstić information content (AvgIpc) is 2.02. The van der Waals surface area contributed by atoms with Crippen LogP contribution in [0.1, 0.15) is 13.8 Å². The number of carbonyl (C=O) groups excluding carboxylic acids is 2. The van der Waals surface area contributed by atoms with Gasteiger partial charge < -0.3 is 9.64 Å². The monoisotopic (exact) mass is 173 g/mol. The summed E-state index contributed by atoms with van der Waals surface area (Å²) in [5, 5.41) is 0. The zero-order valence-corrected chi connectivity index (χ0v) is 7.74. The highest BCUT2D eigenvalue weighted by Gasteiger charge is 2.09. The third-order valence-corrected chi connectivity index (χ3v) is 1.31. The molecular formula is C8H15NO3. The lowest BCUT2D eigenvalue weighted by molar-refractivity contribution is -0.144. The van der Waals surface area contributed by atoms with E-state index in [-0.39, 0.29) is 12.5 Å². The highest BCUT2D eigenvalue weighted by molar-refractivity contribution is 5.73. The van der Waals surface area contributed by atoms with E-state index in [2.05, 4.69) is 4.74 Å². The van der Waals surface area contributed by atoms with Crippen molar-refractivity contribution in [1.29, 1.82) is 0 Å². The first-order chi connectivity index (χ1) is 5.60. The van der Waals surface area contributed by atoms with E-state index in [0.717, 1.165) is 0 Å². The maximum atomic E-state index is 10.7. The Morgan fingerprint density at radius 3 is 2.50 bits per heavy atom. The summed E-state index contributed by atoms with van der Waals surface area (Å²) in [4.78, 5) is 22.5. The van der Waals surface area contributed by atoms with E-state index < -0.39 is 0 Å². The van der Waals surface area contributed by atoms with Crippen LogP contribution < -0.4 is 0 Å². The molecule has 0 rings (SSSR count). The van der Waals surface area contributed by atoms with Crippen molar-refractivity contribution in [2.45, 2.75) is 13.8 Å². The average molecular weight is 173 g/mol. The molecule has 0 atom stereocenters. The van der Waals surface area contributed by atoms with Gasteiger partial charge in [-0.15, -0.1) is 0 Å². The van der Waals surface area contributed by atoms with Crippen LogP contribution in [-0.4, -0.2) is 37.5 Å². The van der Waals surface area contributed by atoms with Crippen molar-refractivity contribution >= 4 is 12.4 Å². The minimum atomic E-state index is -0.386. The quantitative estimate of drug-likeness (QED) is 0.443. The second-order valence-electron chi connectivity index (χ2n) is 3.00. The summed E-state index contributed by atoms with van der Waals surface area (Å²) >= 11 is 0. The molecule has 0 saturated heterocycles. The Balaban J connectivity index is 3.82. The van der Waals surface area contributed by atoms with Crippen LogP contribution in [-0.2, 0) is 14.3 Å². The molecule has 0 heterocycles. The summed E-state index contributed by atoms with van der Waals surface area (Å²) in [5.41, 5.74) is 0. The largest absolute Gasteiger partial charge is 0.468 e. The molecule has 0 aliphatic carbocycles. The Kier molecular flexibility index (Phi) is 5.08. The van der Waals surface area contributed by atoms with Crippen LogP contribution in [0.2, 0.25) is 0 Å². The van der Waals surface area contributed by atoms with Gasteiger partial charge in [-0.2, -0.15) is 0 Å². The van der Waals surface area contributed by atoms with Crippen LogP contribution in [0, 0.1) is 5.92 Å². The Labute approximate surface area is 72.5 Å². The molecule has 4 heteroatoms. The van der Waals surface area contributed by atoms with Crippen molar-refractivity contribution in [3.63, 3.8) is 0 Å². The first kappa shape index (κ1) is 10.9. The van der Waals surface area contributed by atoms with Gasteiger partial charge in [-0.3, -0.25) is 9.59 Å². The minimum absolute atomic E-state index is 0.0399. The van der Waals surface area contributed by atoms with E-state index in [1.807, 2.05) is 13.8 Å². The van der Waals surface area contributed by atoms with E-state index >= 15 is 0 Å². The molecule has 0 saturated carbocycles. The summed E-state index contributed by atoms with van der Waals surface area (Å²) in [5.74, 6) is -0.0254. The molecule has 0 aromatic heterocycles. The predicted molar refractivity (Wildman–Crippen MR) is 44.5 cm³/mol. The summed E-state index contributed by atoms with van der Waals surface area (Å²) < 4.78 is 4.42. The number of methoxy groups -OCH3 is 1. The predicted octanol–water partition coefficient (Wildman–Crippen LogP) is 0.274. The summed E-state index contributed by atoms with van der Waals surface area (Å²) in [6.45, 7) is 4.58. The second-order valence-corrected chi connectivity index (χ2v) is 3.00. The van der Waals surface area contributed by atoms with Crippen LogP contribution in [0.5, 0.6) is 0 Å². The molecule has 70 valence electrons. The molecule has 12 heavy (non-hydrogen) atoms. The zero-order valence-electron chi connectivity index (χ0n) is 7.74. The Morgan fingerprint density at radius 2 is 2.17 bits per heavy atom. The van der Waals surface area contributed by atoms with Crippen molar-refractivity contribution in [3.05, 3.63) is 0 Å². The molecule has 0 bridgehead atoms. The summed E-state index contributed by atoms with van der Waals surface area (Å²) in [6.07, 6.45) is 0.664. The molecule has 0 radical (unpaired) electrons. The lowest BCUT2D eigenvalue weighted by atomic mass is 10.2. The summed E-state index contributed by atoms with van der Waals surface area (Å²) in [6, 6.07) is 0. The zero-order chi connectivity index (χ0) is 9.56. The molecule has 0 aromatic rings. The van der Waals surface area contributed by atoms with E-state index in [1.165, 1.54) is 12.0 Å². The van der Waals surface area contributed by atoms with Crippen molar-refractivity contribution < 1.29 is 14.3 Å². The van der Waals surface area contributed by atoms with Crippen LogP contribution in [0.4, 0.5) is 0 Å². The number of hydrogen-bond acceptors (Lipinski definition) is 3. The van der Waals surface area contributed by atoms with Gasteiger partial charge in [-0.1, -0.05) is 13.8 Å². The SMILES string of the molecule is COC(=O)CN(C=O)CC(C)C. The number of nitrogens with zero attached hydrogens (tertiary/aromatic N) is 1. The van der Waals surface area contributed by atoms with Gasteiger partial charge in [0.1, 0.15) is 6.54 Å². The van der Waals surface area contributed by atoms with Gasteiger partial charge >= 0.3 is 5.97 Å². The molecule has 0 aromatic carbocycles. The molecule has 0 N–H and O–H groups in total. The number of amides is 1. The normalized spacial score (nSPS) is 9.67. The molecule has 4 nitrogen and oxygen atoms in total. The number of carbonyl (C=O) groups is 2. The van der Waals surface area contributed by atoms with Crippen molar-refractivity contribution in [3.8, 4) is 0 Å². The van der Waals surface area contributed by atoms with Gasteiger partial charge in [0.2, 0.25) is 6.41 Å². The number of rotatable bonds is 5. The molecule has 0 fully saturated rings. The molecular weight excluding hydrogens is 158 g/mol. The van der Waals surface area contributed by atoms with Crippen LogP contribution in [0.25, 0.3) is 0 Å². The van der Waals surface area contributed by atoms with Crippen molar-refractivity contribution in [2.75, 3.05) is 20.2 Å². The minimum Gasteiger partial charge on any atom is -0.468 e. The number of hydrogen-bond donors (Lipinski definition) is 0. The Bertz CT molecular complexity index is 156. The second kappa shape index (κ2) is 5.57. The van der Waals surface area contributed by atoms with Crippen molar-refractivity contribution in [2.24, 2.45) is 5.92 Å². The molecule has 0 spiro atoms. The van der Waals surface area contributed by atoms with Gasteiger partial charge in [0.05, 0.1) is 7.11 Å². The molecule has 0 aliphatic rings. The maximum absolute atomic E-state index is 10.7. The summed E-state index contributed by atoms with van der Waals surface area (Å²) in [7, 11) is 1.31. The van der Waals surface area contributed by atoms with Gasteiger partial charge in [-0.25, -0.2) is 0 Å². The van der Waals surface area contributed by atoms with Crippen LogP contribution >= 0.6 is 0 Å². The van der Waals surface area contributed by atoms with Gasteiger partial charge in [0, 0.05) is 6.54 Å². The van der Waals surface area contributed by atoms with Crippen molar-refractivity contribution in [1.82, 2.24) is 4.90 Å². The van der Waals surface area contributed by atoms with Gasteiger partial charge in [0.25, 0.3) is 0 Å². The number of ether oxygens (including phenoxy) is 1. The Hall–Kier alpha value is -1.06. The molecule has 1 amide bonds. The van der Waals surface area contributed by atoms with E-state index in [1.54, 1.807) is 0 Å². The molecule has 0 unspecified atom stereocenters. The van der Waals surface area contributed by atoms with E-state index in [0.29, 0.717) is 18.9 Å². The van der Waals surface area contributed by atoms with Crippen LogP contribution in [0.15, 0.2) is 0 Å². The van der Waals surface area contributed by atoms with E-state index in [4.69, 9.17) is 0 Å². The first-order valence-corrected chi connectivity index (χ1v) is 3.86. The fraction of sp³-hybridized carbons (Fsp3) is 0.750. The van der Waals surface area contributed by atoms with Gasteiger partial charge in [0.15, 0.2) is 0 Å². The highest BCUT2D eigenvalue weighted by atomic mass is 16.5. The smallest absolute Gasteiger partial charge is 0.325 e. The van der Waals surface area contributed by atoms with Gasteiger partial charge in [-0.05, 0) is 5.92 Å². The number of esters is 1.